The largest absolute Gasteiger partial charge is 0.342 e. The summed E-state index contributed by atoms with van der Waals surface area (Å²) >= 11 is 0. The van der Waals surface area contributed by atoms with E-state index in [0.29, 0.717) is 12.5 Å². The average molecular weight is 268 g/mol. The molecule has 1 aliphatic rings. The Labute approximate surface area is 118 Å². The van der Waals surface area contributed by atoms with Crippen molar-refractivity contribution in [2.24, 2.45) is 23.0 Å². The maximum absolute atomic E-state index is 12.7. The molecule has 0 aromatic carbocycles. The second-order valence-electron chi connectivity index (χ2n) is 7.08. The van der Waals surface area contributed by atoms with Gasteiger partial charge < -0.3 is 10.6 Å². The first kappa shape index (κ1) is 16.5. The van der Waals surface area contributed by atoms with E-state index in [0.717, 1.165) is 38.3 Å². The SMILES string of the molecule is CCCN(CC(C)(C)CN)C(=O)C1CCC(C)CC1. The third kappa shape index (κ3) is 5.13. The van der Waals surface area contributed by atoms with Crippen molar-refractivity contribution in [2.75, 3.05) is 19.6 Å². The van der Waals surface area contributed by atoms with Crippen molar-refractivity contribution in [2.45, 2.75) is 59.8 Å². The molecule has 3 nitrogen and oxygen atoms in total. The quantitative estimate of drug-likeness (QED) is 0.805. The first-order chi connectivity index (χ1) is 8.89. The first-order valence-electron chi connectivity index (χ1n) is 7.88. The van der Waals surface area contributed by atoms with Gasteiger partial charge in [0.25, 0.3) is 0 Å². The van der Waals surface area contributed by atoms with Crippen molar-refractivity contribution in [1.29, 1.82) is 0 Å². The maximum atomic E-state index is 12.7. The van der Waals surface area contributed by atoms with Gasteiger partial charge in [0.2, 0.25) is 5.91 Å². The molecule has 0 atom stereocenters. The summed E-state index contributed by atoms with van der Waals surface area (Å²) in [6.45, 7) is 11.0. The maximum Gasteiger partial charge on any atom is 0.225 e. The van der Waals surface area contributed by atoms with Crippen LogP contribution in [0, 0.1) is 17.3 Å². The number of carbonyl (C=O) groups excluding carboxylic acids is 1. The van der Waals surface area contributed by atoms with Gasteiger partial charge >= 0.3 is 0 Å². The molecule has 0 aromatic rings. The fourth-order valence-electron chi connectivity index (χ4n) is 2.88. The van der Waals surface area contributed by atoms with Gasteiger partial charge in [-0.3, -0.25) is 4.79 Å². The Kier molecular flexibility index (Phi) is 6.31. The van der Waals surface area contributed by atoms with Gasteiger partial charge in [-0.1, -0.05) is 27.7 Å². The zero-order valence-electron chi connectivity index (χ0n) is 13.2. The van der Waals surface area contributed by atoms with Crippen LogP contribution in [0.5, 0.6) is 0 Å². The van der Waals surface area contributed by atoms with Crippen molar-refractivity contribution in [3.8, 4) is 0 Å². The van der Waals surface area contributed by atoms with Crippen molar-refractivity contribution in [3.63, 3.8) is 0 Å². The molecule has 0 bridgehead atoms. The minimum Gasteiger partial charge on any atom is -0.342 e. The second-order valence-corrected chi connectivity index (χ2v) is 7.08. The van der Waals surface area contributed by atoms with Crippen LogP contribution < -0.4 is 5.73 Å². The lowest BCUT2D eigenvalue weighted by molar-refractivity contribution is -0.138. The standard InChI is InChI=1S/C16H32N2O/c1-5-10-18(12-16(3,4)11-17)15(19)14-8-6-13(2)7-9-14/h13-14H,5-12,17H2,1-4H3. The lowest BCUT2D eigenvalue weighted by atomic mass is 9.82. The summed E-state index contributed by atoms with van der Waals surface area (Å²) in [5.41, 5.74) is 5.83. The van der Waals surface area contributed by atoms with Crippen LogP contribution in [-0.4, -0.2) is 30.4 Å². The summed E-state index contributed by atoms with van der Waals surface area (Å²) in [7, 11) is 0. The van der Waals surface area contributed by atoms with Crippen molar-refractivity contribution < 1.29 is 4.79 Å². The molecule has 1 saturated carbocycles. The molecule has 2 N–H and O–H groups in total. The van der Waals surface area contributed by atoms with Gasteiger partial charge in [0.15, 0.2) is 0 Å². The van der Waals surface area contributed by atoms with Gasteiger partial charge in [0.1, 0.15) is 0 Å². The summed E-state index contributed by atoms with van der Waals surface area (Å²) in [6, 6.07) is 0. The molecule has 1 aliphatic carbocycles. The molecule has 19 heavy (non-hydrogen) atoms. The zero-order chi connectivity index (χ0) is 14.5. The smallest absolute Gasteiger partial charge is 0.225 e. The summed E-state index contributed by atoms with van der Waals surface area (Å²) < 4.78 is 0. The van der Waals surface area contributed by atoms with E-state index in [1.165, 1.54) is 12.8 Å². The van der Waals surface area contributed by atoms with Crippen LogP contribution in [0.25, 0.3) is 0 Å². The Bertz CT molecular complexity index is 280. The van der Waals surface area contributed by atoms with Crippen LogP contribution in [0.3, 0.4) is 0 Å². The van der Waals surface area contributed by atoms with Crippen LogP contribution in [0.4, 0.5) is 0 Å². The molecule has 1 fully saturated rings. The van der Waals surface area contributed by atoms with Crippen LogP contribution in [-0.2, 0) is 4.79 Å². The summed E-state index contributed by atoms with van der Waals surface area (Å²) in [4.78, 5) is 14.7. The highest BCUT2D eigenvalue weighted by molar-refractivity contribution is 5.79. The fourth-order valence-corrected chi connectivity index (χ4v) is 2.88. The Hall–Kier alpha value is -0.570. The van der Waals surface area contributed by atoms with E-state index < -0.39 is 0 Å². The van der Waals surface area contributed by atoms with Crippen LogP contribution >= 0.6 is 0 Å². The van der Waals surface area contributed by atoms with Crippen LogP contribution in [0.1, 0.15) is 59.8 Å². The molecule has 0 aliphatic heterocycles. The zero-order valence-corrected chi connectivity index (χ0v) is 13.2. The van der Waals surface area contributed by atoms with E-state index in [1.807, 2.05) is 0 Å². The lowest BCUT2D eigenvalue weighted by Gasteiger charge is -2.35. The third-order valence-electron chi connectivity index (χ3n) is 4.34. The predicted molar refractivity (Wildman–Crippen MR) is 80.8 cm³/mol. The minimum absolute atomic E-state index is 0.0206. The van der Waals surface area contributed by atoms with E-state index in [1.54, 1.807) is 0 Å². The molecule has 0 unspecified atom stereocenters. The fraction of sp³-hybridized carbons (Fsp3) is 0.938. The molecule has 3 heteroatoms. The monoisotopic (exact) mass is 268 g/mol. The molecular formula is C16H32N2O. The van der Waals surface area contributed by atoms with E-state index in [9.17, 15) is 4.79 Å². The summed E-state index contributed by atoms with van der Waals surface area (Å²) in [5.74, 6) is 1.43. The molecule has 0 aromatic heterocycles. The van der Waals surface area contributed by atoms with Gasteiger partial charge in [-0.2, -0.15) is 0 Å². The molecule has 0 heterocycles. The number of amides is 1. The highest BCUT2D eigenvalue weighted by atomic mass is 16.2. The summed E-state index contributed by atoms with van der Waals surface area (Å²) in [5, 5.41) is 0. The third-order valence-corrected chi connectivity index (χ3v) is 4.34. The van der Waals surface area contributed by atoms with E-state index in [-0.39, 0.29) is 11.3 Å². The highest BCUT2D eigenvalue weighted by Crippen LogP contribution is 2.30. The Balaban J connectivity index is 2.62. The van der Waals surface area contributed by atoms with Crippen molar-refractivity contribution >= 4 is 5.91 Å². The lowest BCUT2D eigenvalue weighted by Crippen LogP contribution is -2.45. The topological polar surface area (TPSA) is 46.3 Å². The second kappa shape index (κ2) is 7.28. The molecule has 1 rings (SSSR count). The number of rotatable bonds is 6. The molecule has 0 saturated heterocycles. The van der Waals surface area contributed by atoms with Crippen LogP contribution in [0.2, 0.25) is 0 Å². The average Bonchev–Trinajstić information content (AvgIpc) is 2.38. The molecule has 0 spiro atoms. The Morgan fingerprint density at radius 1 is 1.26 bits per heavy atom. The van der Waals surface area contributed by atoms with Gasteiger partial charge in [-0.15, -0.1) is 0 Å². The number of hydrogen-bond donors (Lipinski definition) is 1. The van der Waals surface area contributed by atoms with Crippen LogP contribution in [0.15, 0.2) is 0 Å². The molecular weight excluding hydrogens is 236 g/mol. The highest BCUT2D eigenvalue weighted by Gasteiger charge is 2.30. The Morgan fingerprint density at radius 2 is 1.84 bits per heavy atom. The molecule has 112 valence electrons. The number of hydrogen-bond acceptors (Lipinski definition) is 2. The number of nitrogens with two attached hydrogens (primary N) is 1. The number of carbonyl (C=O) groups is 1. The summed E-state index contributed by atoms with van der Waals surface area (Å²) in [6.07, 6.45) is 5.58. The first-order valence-corrected chi connectivity index (χ1v) is 7.88. The number of nitrogens with zero attached hydrogens (tertiary/aromatic N) is 1. The normalized spacial score (nSPS) is 24.3. The van der Waals surface area contributed by atoms with Crippen molar-refractivity contribution in [3.05, 3.63) is 0 Å². The van der Waals surface area contributed by atoms with E-state index >= 15 is 0 Å². The van der Waals surface area contributed by atoms with Crippen molar-refractivity contribution in [1.82, 2.24) is 4.90 Å². The van der Waals surface area contributed by atoms with Gasteiger partial charge in [-0.05, 0) is 50.0 Å². The predicted octanol–water partition coefficient (Wildman–Crippen LogP) is 3.04. The van der Waals surface area contributed by atoms with Gasteiger partial charge in [0, 0.05) is 19.0 Å². The molecule has 1 amide bonds. The van der Waals surface area contributed by atoms with Gasteiger partial charge in [0.05, 0.1) is 0 Å². The molecule has 0 radical (unpaired) electrons. The Morgan fingerprint density at radius 3 is 2.32 bits per heavy atom. The van der Waals surface area contributed by atoms with Gasteiger partial charge in [-0.25, -0.2) is 0 Å². The van der Waals surface area contributed by atoms with E-state index in [4.69, 9.17) is 5.73 Å². The van der Waals surface area contributed by atoms with E-state index in [2.05, 4.69) is 32.6 Å². The minimum atomic E-state index is 0.0206.